The Morgan fingerprint density at radius 1 is 0.842 bits per heavy atom. The van der Waals surface area contributed by atoms with Crippen LogP contribution < -0.4 is 0 Å². The largest absolute Gasteiger partial charge is 0.478 e. The number of benzene rings is 1. The fourth-order valence-electron chi connectivity index (χ4n) is 1.60. The Morgan fingerprint density at radius 3 is 1.47 bits per heavy atom. The molecule has 106 valence electrons. The van der Waals surface area contributed by atoms with Gasteiger partial charge >= 0.3 is 5.97 Å². The van der Waals surface area contributed by atoms with Crippen LogP contribution in [0.25, 0.3) is 0 Å². The van der Waals surface area contributed by atoms with Gasteiger partial charge in [0.2, 0.25) is 0 Å². The summed E-state index contributed by atoms with van der Waals surface area (Å²) in [6, 6.07) is 8.30. The van der Waals surface area contributed by atoms with Gasteiger partial charge in [0.05, 0.1) is 5.56 Å². The first kappa shape index (κ1) is 15.7. The Morgan fingerprint density at radius 2 is 1.26 bits per heavy atom. The van der Waals surface area contributed by atoms with Crippen molar-refractivity contribution in [1.82, 2.24) is 0 Å². The molecule has 1 aromatic rings. The molecule has 19 heavy (non-hydrogen) atoms. The molecule has 0 amide bonds. The molecule has 0 bridgehead atoms. The van der Waals surface area contributed by atoms with Crippen LogP contribution in [0.4, 0.5) is 0 Å². The van der Waals surface area contributed by atoms with E-state index in [0.29, 0.717) is 5.56 Å². The van der Waals surface area contributed by atoms with Gasteiger partial charge in [0, 0.05) is 26.4 Å². The molecule has 1 aromatic carbocycles. The zero-order chi connectivity index (χ0) is 13.8. The minimum Gasteiger partial charge on any atom is -0.478 e. The Hall–Kier alpha value is -1.39. The van der Waals surface area contributed by atoms with Gasteiger partial charge in [0.15, 0.2) is 0 Å². The lowest BCUT2D eigenvalue weighted by Crippen LogP contribution is -1.93. The normalized spacial score (nSPS) is 16.8. The van der Waals surface area contributed by atoms with E-state index in [-0.39, 0.29) is 0 Å². The molecule has 0 spiro atoms. The quantitative estimate of drug-likeness (QED) is 0.849. The van der Waals surface area contributed by atoms with Crippen LogP contribution in [0.2, 0.25) is 0 Å². The van der Waals surface area contributed by atoms with Crippen molar-refractivity contribution >= 4 is 5.97 Å². The first-order valence-electron chi connectivity index (χ1n) is 6.74. The van der Waals surface area contributed by atoms with Crippen LogP contribution in [0, 0.1) is 0 Å². The summed E-state index contributed by atoms with van der Waals surface area (Å²) < 4.78 is 9.89. The lowest BCUT2D eigenvalue weighted by atomic mass is 10.2. The minimum atomic E-state index is -0.879. The van der Waals surface area contributed by atoms with Gasteiger partial charge in [-0.1, -0.05) is 18.2 Å². The summed E-state index contributed by atoms with van der Waals surface area (Å²) in [6.07, 6.45) is 5.11. The Balaban J connectivity index is 0.000000153. The van der Waals surface area contributed by atoms with E-state index in [2.05, 4.69) is 0 Å². The molecule has 2 aliphatic rings. The maximum absolute atomic E-state index is 10.2. The average molecular weight is 266 g/mol. The highest BCUT2D eigenvalue weighted by Gasteiger charge is 1.96. The Bertz CT molecular complexity index is 304. The zero-order valence-electron chi connectivity index (χ0n) is 11.2. The number of aromatic carboxylic acids is 1. The second-order valence-corrected chi connectivity index (χ2v) is 4.31. The summed E-state index contributed by atoms with van der Waals surface area (Å²) in [4.78, 5) is 10.2. The van der Waals surface area contributed by atoms with Crippen molar-refractivity contribution in [2.45, 2.75) is 25.7 Å². The van der Waals surface area contributed by atoms with Crippen LogP contribution in [0.5, 0.6) is 0 Å². The van der Waals surface area contributed by atoms with Crippen molar-refractivity contribution in [2.24, 2.45) is 0 Å². The molecule has 0 radical (unpaired) electrons. The van der Waals surface area contributed by atoms with Crippen molar-refractivity contribution in [2.75, 3.05) is 26.4 Å². The standard InChI is InChI=1S/C7H6O2.2C4H8O/c8-7(9)6-4-2-1-3-5-6;2*1-2-4-5-3-1/h1-5H,(H,8,9);2*1-4H2. The predicted octanol–water partition coefficient (Wildman–Crippen LogP) is 2.98. The van der Waals surface area contributed by atoms with Crippen LogP contribution in [0.15, 0.2) is 30.3 Å². The molecule has 2 saturated heterocycles. The summed E-state index contributed by atoms with van der Waals surface area (Å²) >= 11 is 0. The molecule has 0 unspecified atom stereocenters. The van der Waals surface area contributed by atoms with Gasteiger partial charge in [-0.05, 0) is 37.8 Å². The molecule has 2 fully saturated rings. The van der Waals surface area contributed by atoms with E-state index in [1.165, 1.54) is 25.7 Å². The fraction of sp³-hybridized carbons (Fsp3) is 0.533. The molecule has 0 aliphatic carbocycles. The third kappa shape index (κ3) is 8.35. The molecular weight excluding hydrogens is 244 g/mol. The van der Waals surface area contributed by atoms with Crippen LogP contribution in [0.3, 0.4) is 0 Å². The monoisotopic (exact) mass is 266 g/mol. The third-order valence-corrected chi connectivity index (χ3v) is 2.68. The number of carboxylic acids is 1. The van der Waals surface area contributed by atoms with Crippen LogP contribution in [-0.4, -0.2) is 37.5 Å². The van der Waals surface area contributed by atoms with Crippen molar-refractivity contribution in [3.8, 4) is 0 Å². The number of hydrogen-bond donors (Lipinski definition) is 1. The van der Waals surface area contributed by atoms with Crippen molar-refractivity contribution in [1.29, 1.82) is 0 Å². The highest BCUT2D eigenvalue weighted by atomic mass is 16.5. The highest BCUT2D eigenvalue weighted by Crippen LogP contribution is 1.99. The van der Waals surface area contributed by atoms with Crippen LogP contribution >= 0.6 is 0 Å². The van der Waals surface area contributed by atoms with E-state index < -0.39 is 5.97 Å². The molecule has 4 heteroatoms. The van der Waals surface area contributed by atoms with Crippen molar-refractivity contribution in [3.63, 3.8) is 0 Å². The number of rotatable bonds is 1. The van der Waals surface area contributed by atoms with Gasteiger partial charge in [-0.2, -0.15) is 0 Å². The maximum atomic E-state index is 10.2. The summed E-state index contributed by atoms with van der Waals surface area (Å²) in [5.41, 5.74) is 0.331. The number of carboxylic acid groups (broad SMARTS) is 1. The highest BCUT2D eigenvalue weighted by molar-refractivity contribution is 5.87. The van der Waals surface area contributed by atoms with Gasteiger partial charge in [-0.3, -0.25) is 0 Å². The topological polar surface area (TPSA) is 55.8 Å². The van der Waals surface area contributed by atoms with E-state index in [1.54, 1.807) is 30.3 Å². The van der Waals surface area contributed by atoms with Gasteiger partial charge in [-0.15, -0.1) is 0 Å². The molecule has 0 saturated carbocycles. The molecule has 1 N–H and O–H groups in total. The van der Waals surface area contributed by atoms with Gasteiger partial charge < -0.3 is 14.6 Å². The average Bonchev–Trinajstić information content (AvgIpc) is 3.18. The molecule has 3 rings (SSSR count). The van der Waals surface area contributed by atoms with Crippen molar-refractivity contribution < 1.29 is 19.4 Å². The smallest absolute Gasteiger partial charge is 0.335 e. The molecule has 0 aromatic heterocycles. The molecule has 2 heterocycles. The van der Waals surface area contributed by atoms with Crippen molar-refractivity contribution in [3.05, 3.63) is 35.9 Å². The Labute approximate surface area is 114 Å². The summed E-state index contributed by atoms with van der Waals surface area (Å²) in [6.45, 7) is 4.00. The predicted molar refractivity (Wildman–Crippen MR) is 73.5 cm³/mol. The molecular formula is C15H22O4. The number of hydrogen-bond acceptors (Lipinski definition) is 3. The zero-order valence-corrected chi connectivity index (χ0v) is 11.2. The lowest BCUT2D eigenvalue weighted by molar-refractivity contribution is 0.0697. The van der Waals surface area contributed by atoms with Gasteiger partial charge in [0.25, 0.3) is 0 Å². The maximum Gasteiger partial charge on any atom is 0.335 e. The molecule has 4 nitrogen and oxygen atoms in total. The number of ether oxygens (including phenoxy) is 2. The third-order valence-electron chi connectivity index (χ3n) is 2.68. The van der Waals surface area contributed by atoms with E-state index in [0.717, 1.165) is 26.4 Å². The number of carbonyl (C=O) groups is 1. The SMILES string of the molecule is C1CCOC1.C1CCOC1.O=C(O)c1ccccc1. The van der Waals surface area contributed by atoms with E-state index in [1.807, 2.05) is 0 Å². The van der Waals surface area contributed by atoms with Crippen LogP contribution in [-0.2, 0) is 9.47 Å². The first-order valence-corrected chi connectivity index (χ1v) is 6.74. The van der Waals surface area contributed by atoms with Gasteiger partial charge in [-0.25, -0.2) is 4.79 Å². The van der Waals surface area contributed by atoms with Gasteiger partial charge in [0.1, 0.15) is 0 Å². The lowest BCUT2D eigenvalue weighted by Gasteiger charge is -1.88. The molecule has 0 atom stereocenters. The Kier molecular flexibility index (Phi) is 8.68. The fourth-order valence-corrected chi connectivity index (χ4v) is 1.60. The summed E-state index contributed by atoms with van der Waals surface area (Å²) in [7, 11) is 0. The molecule has 2 aliphatic heterocycles. The summed E-state index contributed by atoms with van der Waals surface area (Å²) in [5, 5.41) is 8.38. The summed E-state index contributed by atoms with van der Waals surface area (Å²) in [5.74, 6) is -0.879. The second-order valence-electron chi connectivity index (χ2n) is 4.31. The van der Waals surface area contributed by atoms with E-state index in [4.69, 9.17) is 14.6 Å². The minimum absolute atomic E-state index is 0.331. The van der Waals surface area contributed by atoms with Crippen LogP contribution in [0.1, 0.15) is 36.0 Å². The first-order chi connectivity index (χ1) is 9.30. The van der Waals surface area contributed by atoms with E-state index in [9.17, 15) is 4.79 Å². The van der Waals surface area contributed by atoms with E-state index >= 15 is 0 Å². The second kappa shape index (κ2) is 10.5.